The summed E-state index contributed by atoms with van der Waals surface area (Å²) >= 11 is 2.26. The minimum Gasteiger partial charge on any atom is -0.493 e. The Morgan fingerprint density at radius 1 is 1.00 bits per heavy atom. The minimum absolute atomic E-state index is 0.265. The lowest BCUT2D eigenvalue weighted by Gasteiger charge is -2.15. The molecule has 1 aliphatic rings. The Kier molecular flexibility index (Phi) is 6.80. The zero-order valence-corrected chi connectivity index (χ0v) is 18.4. The molecule has 0 radical (unpaired) electrons. The van der Waals surface area contributed by atoms with Crippen LogP contribution < -0.4 is 19.5 Å². The quantitative estimate of drug-likeness (QED) is 0.448. The van der Waals surface area contributed by atoms with E-state index in [4.69, 9.17) is 14.2 Å². The Morgan fingerprint density at radius 2 is 1.66 bits per heavy atom. The number of hydrogen-bond acceptors (Lipinski definition) is 4. The van der Waals surface area contributed by atoms with Crippen molar-refractivity contribution in [3.05, 3.63) is 81.1 Å². The first-order chi connectivity index (χ1) is 14.0. The van der Waals surface area contributed by atoms with Crippen molar-refractivity contribution in [3.63, 3.8) is 0 Å². The highest BCUT2D eigenvalue weighted by molar-refractivity contribution is 14.1. The maximum Gasteiger partial charge on any atom is 0.256 e. The summed E-state index contributed by atoms with van der Waals surface area (Å²) in [6, 6.07) is 11.5. The molecule has 2 aromatic carbocycles. The van der Waals surface area contributed by atoms with Crippen LogP contribution in [-0.4, -0.2) is 27.2 Å². The maximum absolute atomic E-state index is 12.9. The van der Waals surface area contributed by atoms with Crippen LogP contribution in [0.1, 0.15) is 5.56 Å². The van der Waals surface area contributed by atoms with Gasteiger partial charge in [-0.05, 0) is 70.2 Å². The number of allylic oxidation sites excluding steroid dienone is 3. The minimum atomic E-state index is -0.265. The summed E-state index contributed by atoms with van der Waals surface area (Å²) in [5.74, 6) is 1.13. The molecule has 0 saturated carbocycles. The molecule has 3 rings (SSSR count). The normalized spacial score (nSPS) is 12.6. The van der Waals surface area contributed by atoms with Gasteiger partial charge in [-0.15, -0.1) is 5.73 Å². The molecule has 0 spiro atoms. The van der Waals surface area contributed by atoms with Gasteiger partial charge in [0.2, 0.25) is 5.75 Å². The topological polar surface area (TPSA) is 56.8 Å². The number of hydrogen-bond donors (Lipinski definition) is 1. The first-order valence-electron chi connectivity index (χ1n) is 8.77. The Balaban J connectivity index is 1.89. The van der Waals surface area contributed by atoms with Gasteiger partial charge in [0.1, 0.15) is 0 Å². The Hall–Kier alpha value is -2.96. The number of halogens is 1. The Morgan fingerprint density at radius 3 is 2.24 bits per heavy atom. The predicted octanol–water partition coefficient (Wildman–Crippen LogP) is 4.99. The number of rotatable bonds is 6. The van der Waals surface area contributed by atoms with Gasteiger partial charge in [-0.25, -0.2) is 0 Å². The van der Waals surface area contributed by atoms with Crippen molar-refractivity contribution in [2.24, 2.45) is 0 Å². The molecule has 5 nitrogen and oxygen atoms in total. The van der Waals surface area contributed by atoms with E-state index in [-0.39, 0.29) is 5.91 Å². The third kappa shape index (κ3) is 4.91. The molecule has 1 amide bonds. The van der Waals surface area contributed by atoms with Gasteiger partial charge in [0.25, 0.3) is 5.91 Å². The van der Waals surface area contributed by atoms with Crippen LogP contribution in [0.2, 0.25) is 0 Å². The van der Waals surface area contributed by atoms with Crippen molar-refractivity contribution >= 4 is 39.8 Å². The maximum atomic E-state index is 12.9. The third-order valence-electron chi connectivity index (χ3n) is 4.27. The number of carbonyl (C=O) groups excluding carboxylic acids is 1. The predicted molar refractivity (Wildman–Crippen MR) is 123 cm³/mol. The zero-order valence-electron chi connectivity index (χ0n) is 16.3. The summed E-state index contributed by atoms with van der Waals surface area (Å²) in [6.07, 6.45) is 7.22. The van der Waals surface area contributed by atoms with Gasteiger partial charge in [-0.3, -0.25) is 4.79 Å². The van der Waals surface area contributed by atoms with Crippen LogP contribution in [0.25, 0.3) is 5.57 Å². The van der Waals surface area contributed by atoms with E-state index < -0.39 is 0 Å². The highest BCUT2D eigenvalue weighted by Gasteiger charge is 2.16. The van der Waals surface area contributed by atoms with E-state index in [1.165, 1.54) is 21.3 Å². The van der Waals surface area contributed by atoms with Gasteiger partial charge in [0, 0.05) is 27.0 Å². The van der Waals surface area contributed by atoms with Crippen molar-refractivity contribution in [1.82, 2.24) is 0 Å². The van der Waals surface area contributed by atoms with E-state index in [0.717, 1.165) is 14.7 Å². The summed E-state index contributed by atoms with van der Waals surface area (Å²) < 4.78 is 17.2. The highest BCUT2D eigenvalue weighted by Crippen LogP contribution is 2.40. The monoisotopic (exact) mass is 501 g/mol. The van der Waals surface area contributed by atoms with E-state index in [0.29, 0.717) is 28.5 Å². The number of ether oxygens (including phenoxy) is 3. The van der Waals surface area contributed by atoms with E-state index in [2.05, 4.69) is 33.6 Å². The molecule has 0 fully saturated rings. The first-order valence-corrected chi connectivity index (χ1v) is 9.85. The number of methoxy groups -OCH3 is 3. The van der Waals surface area contributed by atoms with Crippen LogP contribution in [0.15, 0.2) is 72.0 Å². The number of anilines is 1. The van der Waals surface area contributed by atoms with Crippen molar-refractivity contribution in [2.45, 2.75) is 0 Å². The summed E-state index contributed by atoms with van der Waals surface area (Å²) in [5.41, 5.74) is 5.98. The van der Waals surface area contributed by atoms with Gasteiger partial charge in [-0.1, -0.05) is 12.1 Å². The first kappa shape index (κ1) is 20.8. The van der Waals surface area contributed by atoms with E-state index in [9.17, 15) is 4.79 Å². The molecule has 0 unspecified atom stereocenters. The van der Waals surface area contributed by atoms with Crippen molar-refractivity contribution < 1.29 is 19.0 Å². The summed E-state index contributed by atoms with van der Waals surface area (Å²) in [7, 11) is 4.59. The van der Waals surface area contributed by atoms with E-state index >= 15 is 0 Å². The van der Waals surface area contributed by atoms with Gasteiger partial charge in [0.05, 0.1) is 21.3 Å². The Labute approximate surface area is 183 Å². The Bertz CT molecular complexity index is 1020. The number of amides is 1. The van der Waals surface area contributed by atoms with E-state index in [1.54, 1.807) is 24.3 Å². The molecular formula is C23H20INO4. The highest BCUT2D eigenvalue weighted by atomic mass is 127. The lowest BCUT2D eigenvalue weighted by atomic mass is 10.0. The summed E-state index contributed by atoms with van der Waals surface area (Å²) in [6.45, 7) is 0. The molecule has 6 heteroatoms. The molecule has 148 valence electrons. The van der Waals surface area contributed by atoms with Crippen LogP contribution in [0.4, 0.5) is 5.69 Å². The molecular weight excluding hydrogens is 481 g/mol. The largest absolute Gasteiger partial charge is 0.493 e. The van der Waals surface area contributed by atoms with Crippen LogP contribution >= 0.6 is 22.6 Å². The molecule has 0 aliphatic heterocycles. The van der Waals surface area contributed by atoms with Crippen molar-refractivity contribution in [1.29, 1.82) is 0 Å². The molecule has 0 aromatic heterocycles. The SMILES string of the molecule is COc1cc(NC(=O)C2=CC(c3ccc(I)cc3)=CC=C=C2)cc(OC)c1OC. The van der Waals surface area contributed by atoms with Crippen molar-refractivity contribution in [3.8, 4) is 17.2 Å². The molecule has 0 heterocycles. The number of carbonyl (C=O) groups is 1. The number of nitrogens with one attached hydrogen (secondary N) is 1. The molecule has 1 aliphatic carbocycles. The average Bonchev–Trinajstić information content (AvgIpc) is 3.00. The lowest BCUT2D eigenvalue weighted by Crippen LogP contribution is -2.13. The smallest absolute Gasteiger partial charge is 0.256 e. The second-order valence-corrected chi connectivity index (χ2v) is 7.32. The standard InChI is InChI=1S/C23H20INO4/c1-27-20-13-19(14-21(28-2)22(20)29-3)25-23(26)17-7-5-4-6-16(12-17)15-8-10-18(24)11-9-15/h4,6-14H,1-3H3,(H,25,26). The molecule has 1 N–H and O–H groups in total. The fraction of sp³-hybridized carbons (Fsp3) is 0.130. The second kappa shape index (κ2) is 9.49. The van der Waals surface area contributed by atoms with Crippen LogP contribution in [0.3, 0.4) is 0 Å². The molecule has 29 heavy (non-hydrogen) atoms. The van der Waals surface area contributed by atoms with Crippen LogP contribution in [0.5, 0.6) is 17.2 Å². The molecule has 0 bridgehead atoms. The summed E-state index contributed by atoms with van der Waals surface area (Å²) in [4.78, 5) is 12.9. The fourth-order valence-electron chi connectivity index (χ4n) is 2.84. The zero-order chi connectivity index (χ0) is 20.8. The van der Waals surface area contributed by atoms with Gasteiger partial charge in [0.15, 0.2) is 11.5 Å². The van der Waals surface area contributed by atoms with Gasteiger partial charge in [-0.2, -0.15) is 0 Å². The number of benzene rings is 2. The van der Waals surface area contributed by atoms with Gasteiger partial charge < -0.3 is 19.5 Å². The van der Waals surface area contributed by atoms with Crippen LogP contribution in [0, 0.1) is 3.57 Å². The fourth-order valence-corrected chi connectivity index (χ4v) is 3.20. The average molecular weight is 501 g/mol. The molecule has 0 atom stereocenters. The van der Waals surface area contributed by atoms with Gasteiger partial charge >= 0.3 is 0 Å². The molecule has 0 saturated heterocycles. The molecule has 2 aromatic rings. The van der Waals surface area contributed by atoms with Crippen molar-refractivity contribution in [2.75, 3.05) is 26.6 Å². The van der Waals surface area contributed by atoms with E-state index in [1.807, 2.05) is 36.4 Å². The van der Waals surface area contributed by atoms with Crippen LogP contribution in [-0.2, 0) is 4.79 Å². The lowest BCUT2D eigenvalue weighted by molar-refractivity contribution is -0.112. The third-order valence-corrected chi connectivity index (χ3v) is 4.99. The second-order valence-electron chi connectivity index (χ2n) is 6.07. The summed E-state index contributed by atoms with van der Waals surface area (Å²) in [5, 5.41) is 2.88.